The minimum absolute atomic E-state index is 0.0757. The van der Waals surface area contributed by atoms with Gasteiger partial charge in [0.15, 0.2) is 0 Å². The van der Waals surface area contributed by atoms with Gasteiger partial charge in [-0.1, -0.05) is 24.4 Å². The Bertz CT molecular complexity index is 1020. The summed E-state index contributed by atoms with van der Waals surface area (Å²) in [4.78, 5) is 2.20. The van der Waals surface area contributed by atoms with Crippen molar-refractivity contribution in [2.75, 3.05) is 19.1 Å². The van der Waals surface area contributed by atoms with Gasteiger partial charge in [0.1, 0.15) is 33.9 Å². The van der Waals surface area contributed by atoms with Crippen LogP contribution >= 0.6 is 12.2 Å². The topological polar surface area (TPSA) is 77.0 Å². The van der Waals surface area contributed by atoms with Crippen LogP contribution in [0.5, 0.6) is 5.75 Å². The highest BCUT2D eigenvalue weighted by molar-refractivity contribution is 7.71. The van der Waals surface area contributed by atoms with Crippen LogP contribution in [-0.4, -0.2) is 28.8 Å². The molecule has 138 valence electrons. The first-order chi connectivity index (χ1) is 12.8. The molecule has 0 atom stereocenters. The molecule has 0 saturated carbocycles. The third-order valence-corrected chi connectivity index (χ3v) is 5.19. The van der Waals surface area contributed by atoms with Gasteiger partial charge in [-0.05, 0) is 38.5 Å². The number of hydrogen-bond acceptors (Lipinski definition) is 6. The molecule has 2 aromatic rings. The molecule has 1 aliphatic heterocycles. The van der Waals surface area contributed by atoms with Gasteiger partial charge in [-0.3, -0.25) is 4.90 Å². The van der Waals surface area contributed by atoms with E-state index in [9.17, 15) is 10.5 Å². The third-order valence-electron chi connectivity index (χ3n) is 4.77. The Kier molecular flexibility index (Phi) is 4.93. The molecule has 0 bridgehead atoms. The van der Waals surface area contributed by atoms with E-state index in [-0.39, 0.29) is 5.54 Å². The van der Waals surface area contributed by atoms with E-state index in [0.29, 0.717) is 46.2 Å². The van der Waals surface area contributed by atoms with Gasteiger partial charge in [-0.2, -0.15) is 10.5 Å². The van der Waals surface area contributed by atoms with Gasteiger partial charge in [0, 0.05) is 11.1 Å². The Morgan fingerprint density at radius 3 is 2.26 bits per heavy atom. The summed E-state index contributed by atoms with van der Waals surface area (Å²) >= 11 is 5.64. The molecule has 0 saturated heterocycles. The predicted octanol–water partition coefficient (Wildman–Crippen LogP) is 4.08. The van der Waals surface area contributed by atoms with Gasteiger partial charge < -0.3 is 14.6 Å². The fourth-order valence-corrected chi connectivity index (χ4v) is 3.44. The molecule has 0 fully saturated rings. The SMILES string of the molecule is COc1ccc(-c2c(C#N)c3n(c(=S)c2C#N)CN(C(C)(C)C)CN3)cc1. The largest absolute Gasteiger partial charge is 0.497 e. The molecule has 0 unspecified atom stereocenters. The van der Waals surface area contributed by atoms with Crippen LogP contribution in [0.4, 0.5) is 5.82 Å². The van der Waals surface area contributed by atoms with Gasteiger partial charge in [0.05, 0.1) is 26.0 Å². The number of nitriles is 2. The first-order valence-electron chi connectivity index (χ1n) is 8.56. The number of rotatable bonds is 2. The highest BCUT2D eigenvalue weighted by Crippen LogP contribution is 2.36. The van der Waals surface area contributed by atoms with E-state index in [1.54, 1.807) is 7.11 Å². The van der Waals surface area contributed by atoms with E-state index in [1.165, 1.54) is 0 Å². The van der Waals surface area contributed by atoms with Crippen molar-refractivity contribution in [2.45, 2.75) is 33.0 Å². The first-order valence-corrected chi connectivity index (χ1v) is 8.97. The molecular weight excluding hydrogens is 358 g/mol. The molecular formula is C20H21N5OS. The fraction of sp³-hybridized carbons (Fsp3) is 0.350. The predicted molar refractivity (Wildman–Crippen MR) is 107 cm³/mol. The van der Waals surface area contributed by atoms with Gasteiger partial charge >= 0.3 is 0 Å². The summed E-state index contributed by atoms with van der Waals surface area (Å²) < 4.78 is 7.47. The number of hydrogen-bond donors (Lipinski definition) is 1. The standard InChI is InChI=1S/C20H21N5OS/c1-20(2,3)24-11-23-18-15(9-21)17(13-5-7-14(26-4)8-6-13)16(10-22)19(27)25(18)12-24/h5-8,23H,11-12H2,1-4H3. The Morgan fingerprint density at radius 2 is 1.74 bits per heavy atom. The number of fused-ring (bicyclic) bond motifs is 1. The van der Waals surface area contributed by atoms with E-state index in [0.717, 1.165) is 5.56 Å². The molecule has 6 nitrogen and oxygen atoms in total. The zero-order valence-corrected chi connectivity index (χ0v) is 16.6. The van der Waals surface area contributed by atoms with E-state index in [4.69, 9.17) is 17.0 Å². The van der Waals surface area contributed by atoms with Crippen molar-refractivity contribution in [1.82, 2.24) is 9.47 Å². The molecule has 0 radical (unpaired) electrons. The van der Waals surface area contributed by atoms with Crippen molar-refractivity contribution in [1.29, 1.82) is 10.5 Å². The molecule has 1 aliphatic rings. The molecule has 0 spiro atoms. The highest BCUT2D eigenvalue weighted by atomic mass is 32.1. The van der Waals surface area contributed by atoms with Crippen LogP contribution in [0.2, 0.25) is 0 Å². The molecule has 0 aliphatic carbocycles. The monoisotopic (exact) mass is 379 g/mol. The second-order valence-corrected chi connectivity index (χ2v) is 7.73. The average molecular weight is 379 g/mol. The normalized spacial score (nSPS) is 13.9. The Hall–Kier alpha value is -2.87. The molecule has 7 heteroatoms. The van der Waals surface area contributed by atoms with Crippen LogP contribution in [0.25, 0.3) is 11.1 Å². The van der Waals surface area contributed by atoms with E-state index in [1.807, 2.05) is 28.8 Å². The molecule has 3 rings (SSSR count). The number of nitrogens with one attached hydrogen (secondary N) is 1. The number of methoxy groups -OCH3 is 1. The zero-order chi connectivity index (χ0) is 19.8. The summed E-state index contributed by atoms with van der Waals surface area (Å²) in [6.45, 7) is 7.47. The van der Waals surface area contributed by atoms with E-state index in [2.05, 4.69) is 43.1 Å². The minimum Gasteiger partial charge on any atom is -0.497 e. The third kappa shape index (κ3) is 3.28. The smallest absolute Gasteiger partial charge is 0.128 e. The van der Waals surface area contributed by atoms with Crippen molar-refractivity contribution in [3.8, 4) is 29.0 Å². The van der Waals surface area contributed by atoms with Crippen LogP contribution in [0.15, 0.2) is 24.3 Å². The quantitative estimate of drug-likeness (QED) is 0.793. The maximum Gasteiger partial charge on any atom is 0.128 e. The molecule has 1 aromatic carbocycles. The van der Waals surface area contributed by atoms with E-state index >= 15 is 0 Å². The van der Waals surface area contributed by atoms with E-state index < -0.39 is 0 Å². The number of aromatic nitrogens is 1. The Balaban J connectivity index is 2.26. The summed E-state index contributed by atoms with van der Waals surface area (Å²) in [6.07, 6.45) is 0. The lowest BCUT2D eigenvalue weighted by Gasteiger charge is -2.41. The van der Waals surface area contributed by atoms with Crippen molar-refractivity contribution in [2.24, 2.45) is 0 Å². The lowest BCUT2D eigenvalue weighted by molar-refractivity contribution is 0.0977. The second-order valence-electron chi connectivity index (χ2n) is 7.35. The first kappa shape index (κ1) is 18.9. The molecule has 1 N–H and O–H groups in total. The summed E-state index contributed by atoms with van der Waals surface area (Å²) in [5.41, 5.74) is 2.02. The maximum absolute atomic E-state index is 9.89. The van der Waals surface area contributed by atoms with Crippen molar-refractivity contribution < 1.29 is 4.74 Å². The lowest BCUT2D eigenvalue weighted by Crippen LogP contribution is -2.48. The zero-order valence-electron chi connectivity index (χ0n) is 15.8. The van der Waals surface area contributed by atoms with Gasteiger partial charge in [0.25, 0.3) is 0 Å². The van der Waals surface area contributed by atoms with Gasteiger partial charge in [0.2, 0.25) is 0 Å². The molecule has 27 heavy (non-hydrogen) atoms. The Morgan fingerprint density at radius 1 is 1.11 bits per heavy atom. The van der Waals surface area contributed by atoms with Crippen LogP contribution in [0.1, 0.15) is 31.9 Å². The van der Waals surface area contributed by atoms with Crippen LogP contribution in [0.3, 0.4) is 0 Å². The lowest BCUT2D eigenvalue weighted by atomic mass is 9.96. The average Bonchev–Trinajstić information content (AvgIpc) is 2.67. The Labute approximate surface area is 164 Å². The summed E-state index contributed by atoms with van der Waals surface area (Å²) in [6, 6.07) is 11.8. The molecule has 1 aromatic heterocycles. The van der Waals surface area contributed by atoms with Crippen molar-refractivity contribution in [3.05, 3.63) is 40.0 Å². The molecule has 2 heterocycles. The number of nitrogens with zero attached hydrogens (tertiary/aromatic N) is 4. The molecule has 0 amide bonds. The van der Waals surface area contributed by atoms with Gasteiger partial charge in [-0.25, -0.2) is 0 Å². The number of ether oxygens (including phenoxy) is 1. The van der Waals surface area contributed by atoms with Gasteiger partial charge in [-0.15, -0.1) is 0 Å². The summed E-state index contributed by atoms with van der Waals surface area (Å²) in [7, 11) is 1.60. The summed E-state index contributed by atoms with van der Waals surface area (Å²) in [5, 5.41) is 23.0. The number of anilines is 1. The van der Waals surface area contributed by atoms with Crippen molar-refractivity contribution >= 4 is 18.0 Å². The van der Waals surface area contributed by atoms with Crippen molar-refractivity contribution in [3.63, 3.8) is 0 Å². The second kappa shape index (κ2) is 7.03. The number of benzene rings is 1. The van der Waals surface area contributed by atoms with Crippen LogP contribution in [0, 0.1) is 27.3 Å². The van der Waals surface area contributed by atoms with Crippen LogP contribution in [-0.2, 0) is 6.67 Å². The minimum atomic E-state index is -0.0757. The maximum atomic E-state index is 9.89. The highest BCUT2D eigenvalue weighted by Gasteiger charge is 2.29. The number of pyridine rings is 1. The summed E-state index contributed by atoms with van der Waals surface area (Å²) in [5.74, 6) is 1.37. The fourth-order valence-electron chi connectivity index (χ4n) is 3.14. The van der Waals surface area contributed by atoms with Crippen LogP contribution < -0.4 is 10.1 Å².